The molecular weight excluding hydrogens is 324 g/mol. The fraction of sp³-hybridized carbons (Fsp3) is 0.500. The third-order valence-corrected chi connectivity index (χ3v) is 5.08. The second-order valence-electron chi connectivity index (χ2n) is 7.04. The highest BCUT2D eigenvalue weighted by Gasteiger charge is 2.19. The highest BCUT2D eigenvalue weighted by Crippen LogP contribution is 2.26. The molecule has 0 aliphatic carbocycles. The number of carbonyl (C=O) groups excluding carboxylic acids is 1. The Morgan fingerprint density at radius 3 is 2.69 bits per heavy atom. The summed E-state index contributed by atoms with van der Waals surface area (Å²) < 4.78 is 6.06. The van der Waals surface area contributed by atoms with Crippen molar-refractivity contribution in [3.8, 4) is 5.75 Å². The number of rotatable bonds is 8. The van der Waals surface area contributed by atoms with Crippen molar-refractivity contribution in [3.05, 3.63) is 42.5 Å². The van der Waals surface area contributed by atoms with Crippen molar-refractivity contribution in [3.63, 3.8) is 0 Å². The van der Waals surface area contributed by atoms with Crippen LogP contribution >= 0.6 is 0 Å². The van der Waals surface area contributed by atoms with Crippen LogP contribution in [-0.2, 0) is 4.79 Å². The van der Waals surface area contributed by atoms with E-state index in [2.05, 4.69) is 22.3 Å². The van der Waals surface area contributed by atoms with Crippen LogP contribution in [0.2, 0.25) is 0 Å². The SMILES string of the molecule is CC[C@@H](Oc1cccc2ccccc12)C(=O)NCCCN1CCCCC1. The summed E-state index contributed by atoms with van der Waals surface area (Å²) in [6, 6.07) is 14.1. The molecule has 1 aliphatic heterocycles. The molecule has 0 spiro atoms. The summed E-state index contributed by atoms with van der Waals surface area (Å²) in [5.41, 5.74) is 0. The summed E-state index contributed by atoms with van der Waals surface area (Å²) in [7, 11) is 0. The zero-order chi connectivity index (χ0) is 18.2. The first kappa shape index (κ1) is 18.7. The van der Waals surface area contributed by atoms with Crippen LogP contribution in [0.15, 0.2) is 42.5 Å². The van der Waals surface area contributed by atoms with Gasteiger partial charge in [-0.15, -0.1) is 0 Å². The minimum atomic E-state index is -0.448. The molecule has 4 heteroatoms. The van der Waals surface area contributed by atoms with E-state index in [0.717, 1.165) is 29.5 Å². The van der Waals surface area contributed by atoms with E-state index < -0.39 is 6.10 Å². The van der Waals surface area contributed by atoms with Gasteiger partial charge in [-0.05, 0) is 56.8 Å². The Balaban J connectivity index is 1.50. The normalized spacial score (nSPS) is 16.3. The molecule has 26 heavy (non-hydrogen) atoms. The Kier molecular flexibility index (Phi) is 6.89. The van der Waals surface area contributed by atoms with Crippen LogP contribution < -0.4 is 10.1 Å². The lowest BCUT2D eigenvalue weighted by atomic mass is 10.1. The maximum absolute atomic E-state index is 12.5. The van der Waals surface area contributed by atoms with Crippen LogP contribution in [0.1, 0.15) is 39.0 Å². The Bertz CT molecular complexity index is 705. The van der Waals surface area contributed by atoms with Crippen LogP contribution in [0, 0.1) is 0 Å². The summed E-state index contributed by atoms with van der Waals surface area (Å²) in [5.74, 6) is 0.762. The fourth-order valence-electron chi connectivity index (χ4n) is 3.59. The monoisotopic (exact) mass is 354 g/mol. The highest BCUT2D eigenvalue weighted by atomic mass is 16.5. The standard InChI is InChI=1S/C22H30N2O2/c1-2-20(22(25)23-14-9-17-24-15-6-3-7-16-24)26-21-13-8-11-18-10-4-5-12-19(18)21/h4-5,8,10-13,20H,2-3,6-7,9,14-17H2,1H3,(H,23,25)/t20-/m1/s1. The molecule has 0 aromatic heterocycles. The van der Waals surface area contributed by atoms with Gasteiger partial charge in [0.2, 0.25) is 0 Å². The minimum absolute atomic E-state index is 0.0147. The lowest BCUT2D eigenvalue weighted by Gasteiger charge is -2.26. The molecule has 4 nitrogen and oxygen atoms in total. The van der Waals surface area contributed by atoms with E-state index in [1.807, 2.05) is 37.3 Å². The molecule has 0 saturated carbocycles. The first-order chi connectivity index (χ1) is 12.8. The molecule has 0 radical (unpaired) electrons. The van der Waals surface area contributed by atoms with E-state index in [1.54, 1.807) is 0 Å². The number of fused-ring (bicyclic) bond motifs is 1. The Morgan fingerprint density at radius 1 is 1.12 bits per heavy atom. The smallest absolute Gasteiger partial charge is 0.261 e. The first-order valence-electron chi connectivity index (χ1n) is 9.92. The molecule has 2 aromatic carbocycles. The van der Waals surface area contributed by atoms with Crippen LogP contribution in [-0.4, -0.2) is 43.1 Å². The summed E-state index contributed by atoms with van der Waals surface area (Å²) in [6.07, 6.45) is 5.18. The number of nitrogens with one attached hydrogen (secondary N) is 1. The number of amides is 1. The maximum atomic E-state index is 12.5. The maximum Gasteiger partial charge on any atom is 0.261 e. The van der Waals surface area contributed by atoms with Gasteiger partial charge in [0.05, 0.1) is 0 Å². The summed E-state index contributed by atoms with van der Waals surface area (Å²) in [4.78, 5) is 15.0. The van der Waals surface area contributed by atoms with Gasteiger partial charge in [-0.25, -0.2) is 0 Å². The molecule has 1 fully saturated rings. The molecule has 1 N–H and O–H groups in total. The summed E-state index contributed by atoms with van der Waals surface area (Å²) in [5, 5.41) is 5.23. The zero-order valence-electron chi connectivity index (χ0n) is 15.7. The minimum Gasteiger partial charge on any atom is -0.480 e. The molecule has 0 unspecified atom stereocenters. The van der Waals surface area contributed by atoms with Gasteiger partial charge in [0.1, 0.15) is 5.75 Å². The summed E-state index contributed by atoms with van der Waals surface area (Å²) in [6.45, 7) is 6.18. The van der Waals surface area contributed by atoms with Crippen LogP contribution in [0.4, 0.5) is 0 Å². The number of ether oxygens (including phenoxy) is 1. The molecule has 1 saturated heterocycles. The number of likely N-dealkylation sites (tertiary alicyclic amines) is 1. The van der Waals surface area contributed by atoms with Crippen LogP contribution in [0.3, 0.4) is 0 Å². The van der Waals surface area contributed by atoms with Crippen molar-refractivity contribution in [1.82, 2.24) is 10.2 Å². The van der Waals surface area contributed by atoms with Crippen LogP contribution in [0.25, 0.3) is 10.8 Å². The van der Waals surface area contributed by atoms with E-state index in [0.29, 0.717) is 13.0 Å². The number of nitrogens with zero attached hydrogens (tertiary/aromatic N) is 1. The third kappa shape index (κ3) is 4.98. The largest absolute Gasteiger partial charge is 0.480 e. The van der Waals surface area contributed by atoms with E-state index in [4.69, 9.17) is 4.74 Å². The third-order valence-electron chi connectivity index (χ3n) is 5.08. The highest BCUT2D eigenvalue weighted by molar-refractivity contribution is 5.89. The van der Waals surface area contributed by atoms with Crippen molar-refractivity contribution in [2.24, 2.45) is 0 Å². The van der Waals surface area contributed by atoms with Gasteiger partial charge in [-0.1, -0.05) is 49.7 Å². The number of hydrogen-bond acceptors (Lipinski definition) is 3. The second kappa shape index (κ2) is 9.58. The Morgan fingerprint density at radius 2 is 1.88 bits per heavy atom. The fourth-order valence-corrected chi connectivity index (χ4v) is 3.59. The lowest BCUT2D eigenvalue weighted by Crippen LogP contribution is -2.39. The van der Waals surface area contributed by atoms with Crippen LogP contribution in [0.5, 0.6) is 5.75 Å². The van der Waals surface area contributed by atoms with E-state index in [1.165, 1.54) is 32.4 Å². The van der Waals surface area contributed by atoms with Crippen molar-refractivity contribution >= 4 is 16.7 Å². The zero-order valence-corrected chi connectivity index (χ0v) is 15.7. The average Bonchev–Trinajstić information content (AvgIpc) is 2.70. The molecule has 140 valence electrons. The molecule has 1 aliphatic rings. The second-order valence-corrected chi connectivity index (χ2v) is 7.04. The molecule has 1 atom stereocenters. The first-order valence-corrected chi connectivity index (χ1v) is 9.92. The lowest BCUT2D eigenvalue weighted by molar-refractivity contribution is -0.128. The molecule has 1 amide bonds. The van der Waals surface area contributed by atoms with Gasteiger partial charge in [-0.2, -0.15) is 0 Å². The predicted molar refractivity (Wildman–Crippen MR) is 107 cm³/mol. The van der Waals surface area contributed by atoms with E-state index in [-0.39, 0.29) is 5.91 Å². The molecule has 2 aromatic rings. The predicted octanol–water partition coefficient (Wildman–Crippen LogP) is 3.99. The number of benzene rings is 2. The van der Waals surface area contributed by atoms with Crippen molar-refractivity contribution in [1.29, 1.82) is 0 Å². The number of carbonyl (C=O) groups is 1. The summed E-state index contributed by atoms with van der Waals surface area (Å²) >= 11 is 0. The molecular formula is C22H30N2O2. The van der Waals surface area contributed by atoms with Crippen molar-refractivity contribution in [2.45, 2.75) is 45.1 Å². The van der Waals surface area contributed by atoms with Crippen molar-refractivity contribution in [2.75, 3.05) is 26.2 Å². The molecule has 3 rings (SSSR count). The number of piperidine rings is 1. The van der Waals surface area contributed by atoms with Gasteiger partial charge >= 0.3 is 0 Å². The Hall–Kier alpha value is -2.07. The molecule has 0 bridgehead atoms. The van der Waals surface area contributed by atoms with Crippen molar-refractivity contribution < 1.29 is 9.53 Å². The quantitative estimate of drug-likeness (QED) is 0.729. The van der Waals surface area contributed by atoms with Gasteiger partial charge in [0.15, 0.2) is 6.10 Å². The van der Waals surface area contributed by atoms with E-state index in [9.17, 15) is 4.79 Å². The average molecular weight is 354 g/mol. The Labute approximate surface area is 156 Å². The number of hydrogen-bond donors (Lipinski definition) is 1. The topological polar surface area (TPSA) is 41.6 Å². The van der Waals surface area contributed by atoms with Gasteiger partial charge in [0, 0.05) is 11.9 Å². The van der Waals surface area contributed by atoms with Gasteiger partial charge in [-0.3, -0.25) is 4.79 Å². The van der Waals surface area contributed by atoms with E-state index >= 15 is 0 Å². The van der Waals surface area contributed by atoms with Gasteiger partial charge < -0.3 is 15.0 Å². The molecule has 1 heterocycles. The van der Waals surface area contributed by atoms with Gasteiger partial charge in [0.25, 0.3) is 5.91 Å².